The van der Waals surface area contributed by atoms with Gasteiger partial charge in [0.1, 0.15) is 5.84 Å². The highest BCUT2D eigenvalue weighted by Gasteiger charge is 2.11. The summed E-state index contributed by atoms with van der Waals surface area (Å²) in [4.78, 5) is 0. The van der Waals surface area contributed by atoms with Crippen molar-refractivity contribution in [1.82, 2.24) is 9.78 Å². The van der Waals surface area contributed by atoms with E-state index >= 15 is 0 Å². The van der Waals surface area contributed by atoms with Gasteiger partial charge in [-0.05, 0) is 41.1 Å². The number of benzene rings is 1. The summed E-state index contributed by atoms with van der Waals surface area (Å²) in [5.74, 6) is 0.0237. The first-order valence-electron chi connectivity index (χ1n) is 4.75. The Labute approximate surface area is 102 Å². The lowest BCUT2D eigenvalue weighted by molar-refractivity contribution is 0.859. The zero-order valence-electron chi connectivity index (χ0n) is 8.74. The van der Waals surface area contributed by atoms with Gasteiger partial charge >= 0.3 is 0 Å². The number of nitrogens with one attached hydrogen (secondary N) is 1. The van der Waals surface area contributed by atoms with Gasteiger partial charge in [0.2, 0.25) is 0 Å². The second-order valence-corrected chi connectivity index (χ2v) is 4.30. The van der Waals surface area contributed by atoms with Crippen LogP contribution in [0.2, 0.25) is 0 Å². The fourth-order valence-electron chi connectivity index (χ4n) is 1.52. The Balaban J connectivity index is 2.65. The van der Waals surface area contributed by atoms with Crippen LogP contribution in [0.1, 0.15) is 11.3 Å². The topological polar surface area (TPSA) is 67.7 Å². The molecule has 5 heteroatoms. The van der Waals surface area contributed by atoms with Gasteiger partial charge in [-0.25, -0.2) is 4.68 Å². The van der Waals surface area contributed by atoms with E-state index in [0.29, 0.717) is 5.56 Å². The van der Waals surface area contributed by atoms with Crippen molar-refractivity contribution in [2.75, 3.05) is 0 Å². The summed E-state index contributed by atoms with van der Waals surface area (Å²) in [6.45, 7) is 1.92. The van der Waals surface area contributed by atoms with Crippen molar-refractivity contribution in [1.29, 1.82) is 5.41 Å². The van der Waals surface area contributed by atoms with E-state index < -0.39 is 0 Å². The van der Waals surface area contributed by atoms with Gasteiger partial charge in [0.15, 0.2) is 0 Å². The van der Waals surface area contributed by atoms with Gasteiger partial charge in [-0.3, -0.25) is 5.41 Å². The molecule has 0 unspecified atom stereocenters. The Morgan fingerprint density at radius 2 is 2.19 bits per heavy atom. The molecule has 1 aromatic carbocycles. The number of amidine groups is 1. The highest BCUT2D eigenvalue weighted by molar-refractivity contribution is 9.10. The lowest BCUT2D eigenvalue weighted by Gasteiger charge is -2.09. The monoisotopic (exact) mass is 278 g/mol. The molecule has 0 spiro atoms. The third kappa shape index (κ3) is 1.86. The molecule has 0 saturated heterocycles. The molecule has 0 radical (unpaired) electrons. The Hall–Kier alpha value is -1.62. The van der Waals surface area contributed by atoms with E-state index in [9.17, 15) is 0 Å². The van der Waals surface area contributed by atoms with Crippen LogP contribution >= 0.6 is 15.9 Å². The van der Waals surface area contributed by atoms with E-state index in [1.165, 1.54) is 0 Å². The molecule has 16 heavy (non-hydrogen) atoms. The van der Waals surface area contributed by atoms with Gasteiger partial charge in [-0.1, -0.05) is 6.07 Å². The maximum Gasteiger partial charge on any atom is 0.126 e. The normalized spacial score (nSPS) is 10.4. The van der Waals surface area contributed by atoms with Gasteiger partial charge in [-0.15, -0.1) is 0 Å². The number of nitrogens with zero attached hydrogens (tertiary/aromatic N) is 2. The fraction of sp³-hybridized carbons (Fsp3) is 0.0909. The molecule has 0 atom stereocenters. The molecular weight excluding hydrogens is 268 g/mol. The number of halogens is 1. The predicted octanol–water partition coefficient (Wildman–Crippen LogP) is 2.23. The molecular formula is C11H11BrN4. The summed E-state index contributed by atoms with van der Waals surface area (Å²) in [6.07, 6.45) is 1.85. The second-order valence-electron chi connectivity index (χ2n) is 3.45. The molecule has 0 aliphatic carbocycles. The predicted molar refractivity (Wildman–Crippen MR) is 67.0 cm³/mol. The van der Waals surface area contributed by atoms with Crippen molar-refractivity contribution >= 4 is 21.8 Å². The first kappa shape index (κ1) is 10.9. The molecule has 0 fully saturated rings. The number of aryl methyl sites for hydroxylation is 1. The van der Waals surface area contributed by atoms with Crippen LogP contribution in [-0.2, 0) is 0 Å². The quantitative estimate of drug-likeness (QED) is 0.653. The summed E-state index contributed by atoms with van der Waals surface area (Å²) >= 11 is 3.39. The van der Waals surface area contributed by atoms with Crippen molar-refractivity contribution in [3.63, 3.8) is 0 Å². The molecule has 0 saturated carbocycles. The zero-order chi connectivity index (χ0) is 11.7. The Kier molecular flexibility index (Phi) is 2.78. The maximum absolute atomic E-state index is 7.58. The Morgan fingerprint density at radius 1 is 1.44 bits per heavy atom. The van der Waals surface area contributed by atoms with Crippen LogP contribution in [-0.4, -0.2) is 15.6 Å². The van der Waals surface area contributed by atoms with E-state index in [0.717, 1.165) is 15.9 Å². The van der Waals surface area contributed by atoms with Crippen LogP contribution in [0.25, 0.3) is 5.69 Å². The SMILES string of the molecule is Cc1ccn(-c2cccc(Br)c2C(=N)N)n1. The van der Waals surface area contributed by atoms with E-state index in [2.05, 4.69) is 21.0 Å². The Morgan fingerprint density at radius 3 is 2.75 bits per heavy atom. The molecule has 3 N–H and O–H groups in total. The summed E-state index contributed by atoms with van der Waals surface area (Å²) in [7, 11) is 0. The molecule has 0 aliphatic heterocycles. The van der Waals surface area contributed by atoms with Crippen molar-refractivity contribution in [2.24, 2.45) is 5.73 Å². The molecule has 2 rings (SSSR count). The van der Waals surface area contributed by atoms with E-state index in [-0.39, 0.29) is 5.84 Å². The number of hydrogen-bond donors (Lipinski definition) is 2. The van der Waals surface area contributed by atoms with Gasteiger partial charge in [0.25, 0.3) is 0 Å². The zero-order valence-corrected chi connectivity index (χ0v) is 10.3. The third-order valence-corrected chi connectivity index (χ3v) is 2.89. The number of nitrogens with two attached hydrogens (primary N) is 1. The van der Waals surface area contributed by atoms with Crippen LogP contribution in [0.3, 0.4) is 0 Å². The minimum Gasteiger partial charge on any atom is -0.384 e. The molecule has 1 heterocycles. The van der Waals surface area contributed by atoms with Crippen LogP contribution in [0.4, 0.5) is 0 Å². The first-order chi connectivity index (χ1) is 7.59. The lowest BCUT2D eigenvalue weighted by atomic mass is 10.1. The molecule has 0 aliphatic rings. The maximum atomic E-state index is 7.58. The van der Waals surface area contributed by atoms with Crippen molar-refractivity contribution in [3.8, 4) is 5.69 Å². The van der Waals surface area contributed by atoms with Crippen LogP contribution in [0, 0.1) is 12.3 Å². The van der Waals surface area contributed by atoms with Gasteiger partial charge in [-0.2, -0.15) is 5.10 Å². The van der Waals surface area contributed by atoms with Crippen LogP contribution in [0.15, 0.2) is 34.9 Å². The van der Waals surface area contributed by atoms with Gasteiger partial charge in [0.05, 0.1) is 16.9 Å². The largest absolute Gasteiger partial charge is 0.384 e. The lowest BCUT2D eigenvalue weighted by Crippen LogP contribution is -2.15. The second kappa shape index (κ2) is 4.09. The number of hydrogen-bond acceptors (Lipinski definition) is 2. The van der Waals surface area contributed by atoms with Gasteiger partial charge in [0, 0.05) is 10.7 Å². The van der Waals surface area contributed by atoms with E-state index in [1.54, 1.807) is 4.68 Å². The minimum absolute atomic E-state index is 0.0237. The van der Waals surface area contributed by atoms with Crippen molar-refractivity contribution in [3.05, 3.63) is 46.2 Å². The van der Waals surface area contributed by atoms with Crippen molar-refractivity contribution in [2.45, 2.75) is 6.92 Å². The molecule has 82 valence electrons. The molecule has 2 aromatic rings. The molecule has 0 bridgehead atoms. The van der Waals surface area contributed by atoms with Crippen molar-refractivity contribution < 1.29 is 0 Å². The Bertz CT molecular complexity index is 545. The van der Waals surface area contributed by atoms with Crippen LogP contribution < -0.4 is 5.73 Å². The standard InChI is InChI=1S/C11H11BrN4/c1-7-5-6-16(15-7)9-4-2-3-8(12)10(9)11(13)14/h2-6H,1H3,(H3,13,14). The van der Waals surface area contributed by atoms with E-state index in [4.69, 9.17) is 11.1 Å². The van der Waals surface area contributed by atoms with Gasteiger partial charge < -0.3 is 5.73 Å². The average Bonchev–Trinajstić information content (AvgIpc) is 2.63. The summed E-state index contributed by atoms with van der Waals surface area (Å²) in [5, 5.41) is 11.9. The number of rotatable bonds is 2. The molecule has 4 nitrogen and oxygen atoms in total. The highest BCUT2D eigenvalue weighted by atomic mass is 79.9. The average molecular weight is 279 g/mol. The summed E-state index contributed by atoms with van der Waals surface area (Å²) < 4.78 is 2.52. The summed E-state index contributed by atoms with van der Waals surface area (Å²) in [5.41, 5.74) is 7.96. The number of nitrogen functional groups attached to an aromatic ring is 1. The molecule has 1 aromatic heterocycles. The first-order valence-corrected chi connectivity index (χ1v) is 5.54. The molecule has 0 amide bonds. The number of aromatic nitrogens is 2. The fourth-order valence-corrected chi connectivity index (χ4v) is 2.09. The minimum atomic E-state index is 0.0237. The third-order valence-electron chi connectivity index (χ3n) is 2.23. The smallest absolute Gasteiger partial charge is 0.126 e. The highest BCUT2D eigenvalue weighted by Crippen LogP contribution is 2.22. The van der Waals surface area contributed by atoms with E-state index in [1.807, 2.05) is 37.4 Å². The van der Waals surface area contributed by atoms with Crippen LogP contribution in [0.5, 0.6) is 0 Å². The summed E-state index contributed by atoms with van der Waals surface area (Å²) in [6, 6.07) is 7.54.